The summed E-state index contributed by atoms with van der Waals surface area (Å²) in [4.78, 5) is 23.5. The quantitative estimate of drug-likeness (QED) is 0.544. The van der Waals surface area contributed by atoms with Crippen LogP contribution in [0, 0.1) is 0 Å². The molecule has 0 spiro atoms. The van der Waals surface area contributed by atoms with E-state index in [1.807, 2.05) is 0 Å². The van der Waals surface area contributed by atoms with Crippen LogP contribution in [0.5, 0.6) is 17.2 Å². The number of hydrazone groups is 1. The largest absolute Gasteiger partial charge is 0.507 e. The lowest BCUT2D eigenvalue weighted by molar-refractivity contribution is 0.0692. The summed E-state index contributed by atoms with van der Waals surface area (Å²) in [5.41, 5.74) is 2.33. The minimum Gasteiger partial charge on any atom is -0.507 e. The number of nitrogens with zero attached hydrogens (tertiary/aromatic N) is 1. The number of amides is 1. The average Bonchev–Trinajstić information content (AvgIpc) is 2.60. The number of carboxylic acids is 1. The van der Waals surface area contributed by atoms with Crippen LogP contribution in [0.2, 0.25) is 0 Å². The fourth-order valence-electron chi connectivity index (χ4n) is 2.16. The molecule has 1 amide bonds. The molecule has 2 rings (SSSR count). The molecule has 3 N–H and O–H groups in total. The first-order valence-corrected chi connectivity index (χ1v) is 7.09. The molecule has 8 nitrogen and oxygen atoms in total. The smallest absolute Gasteiger partial charge is 0.340 e. The number of phenolic OH excluding ortho intramolecular Hbond substituents is 1. The highest BCUT2D eigenvalue weighted by Crippen LogP contribution is 2.32. The van der Waals surface area contributed by atoms with Crippen LogP contribution >= 0.6 is 0 Å². The van der Waals surface area contributed by atoms with Crippen LogP contribution in [0.1, 0.15) is 26.3 Å². The molecule has 0 aromatic heterocycles. The molecule has 0 unspecified atom stereocenters. The van der Waals surface area contributed by atoms with Crippen LogP contribution in [0.4, 0.5) is 0 Å². The zero-order valence-electron chi connectivity index (χ0n) is 13.5. The summed E-state index contributed by atoms with van der Waals surface area (Å²) in [6.45, 7) is 0. The number of carbonyl (C=O) groups is 2. The zero-order chi connectivity index (χ0) is 18.4. The van der Waals surface area contributed by atoms with Crippen molar-refractivity contribution < 1.29 is 29.3 Å². The van der Waals surface area contributed by atoms with Gasteiger partial charge in [0, 0.05) is 5.56 Å². The summed E-state index contributed by atoms with van der Waals surface area (Å²) < 4.78 is 10.2. The normalized spacial score (nSPS) is 10.5. The van der Waals surface area contributed by atoms with Crippen molar-refractivity contribution in [3.05, 3.63) is 53.1 Å². The SMILES string of the molecule is COc1ccc(/C=N\NC(=O)c2ccccc2O)c(C(=O)O)c1OC. The van der Waals surface area contributed by atoms with E-state index in [2.05, 4.69) is 10.5 Å². The van der Waals surface area contributed by atoms with Gasteiger partial charge in [0.15, 0.2) is 11.5 Å². The van der Waals surface area contributed by atoms with E-state index >= 15 is 0 Å². The number of methoxy groups -OCH3 is 2. The summed E-state index contributed by atoms with van der Waals surface area (Å²) in [6, 6.07) is 8.97. The highest BCUT2D eigenvalue weighted by molar-refractivity contribution is 6.02. The molecule has 0 bridgehead atoms. The summed E-state index contributed by atoms with van der Waals surface area (Å²) in [7, 11) is 2.72. The Balaban J connectivity index is 2.28. The van der Waals surface area contributed by atoms with Crippen molar-refractivity contribution in [2.75, 3.05) is 14.2 Å². The van der Waals surface area contributed by atoms with Gasteiger partial charge in [-0.2, -0.15) is 5.10 Å². The lowest BCUT2D eigenvalue weighted by Crippen LogP contribution is -2.18. The number of hydrogen-bond donors (Lipinski definition) is 3. The number of hydrogen-bond acceptors (Lipinski definition) is 6. The van der Waals surface area contributed by atoms with E-state index in [-0.39, 0.29) is 33.9 Å². The van der Waals surface area contributed by atoms with E-state index in [0.29, 0.717) is 0 Å². The van der Waals surface area contributed by atoms with Crippen LogP contribution < -0.4 is 14.9 Å². The van der Waals surface area contributed by atoms with Gasteiger partial charge in [0.25, 0.3) is 5.91 Å². The van der Waals surface area contributed by atoms with Gasteiger partial charge >= 0.3 is 5.97 Å². The molecular formula is C17H16N2O6. The van der Waals surface area contributed by atoms with Gasteiger partial charge in [-0.25, -0.2) is 10.2 Å². The van der Waals surface area contributed by atoms with Crippen molar-refractivity contribution in [3.63, 3.8) is 0 Å². The Hall–Kier alpha value is -3.55. The fraction of sp³-hybridized carbons (Fsp3) is 0.118. The van der Waals surface area contributed by atoms with Crippen molar-refractivity contribution in [1.29, 1.82) is 0 Å². The molecular weight excluding hydrogens is 328 g/mol. The van der Waals surface area contributed by atoms with E-state index < -0.39 is 11.9 Å². The second-order valence-electron chi connectivity index (χ2n) is 4.79. The molecule has 2 aromatic carbocycles. The molecule has 2 aromatic rings. The molecule has 0 heterocycles. The topological polar surface area (TPSA) is 117 Å². The lowest BCUT2D eigenvalue weighted by atomic mass is 10.1. The number of phenols is 1. The van der Waals surface area contributed by atoms with Gasteiger partial charge in [0.1, 0.15) is 11.3 Å². The van der Waals surface area contributed by atoms with Crippen LogP contribution in [0.15, 0.2) is 41.5 Å². The van der Waals surface area contributed by atoms with Crippen molar-refractivity contribution in [3.8, 4) is 17.2 Å². The Labute approximate surface area is 143 Å². The summed E-state index contributed by atoms with van der Waals surface area (Å²) in [5.74, 6) is -1.75. The molecule has 25 heavy (non-hydrogen) atoms. The first kappa shape index (κ1) is 17.8. The monoisotopic (exact) mass is 344 g/mol. The van der Waals surface area contributed by atoms with Gasteiger partial charge in [-0.15, -0.1) is 0 Å². The van der Waals surface area contributed by atoms with E-state index in [1.54, 1.807) is 12.1 Å². The van der Waals surface area contributed by atoms with Crippen LogP contribution in [0.3, 0.4) is 0 Å². The zero-order valence-corrected chi connectivity index (χ0v) is 13.5. The molecule has 0 aliphatic heterocycles. The third kappa shape index (κ3) is 3.86. The second-order valence-corrected chi connectivity index (χ2v) is 4.79. The molecule has 0 aliphatic rings. The lowest BCUT2D eigenvalue weighted by Gasteiger charge is -2.12. The number of ether oxygens (including phenoxy) is 2. The number of rotatable bonds is 6. The minimum absolute atomic E-state index is 0.0467. The molecule has 0 fully saturated rings. The minimum atomic E-state index is -1.23. The highest BCUT2D eigenvalue weighted by atomic mass is 16.5. The number of benzene rings is 2. The summed E-state index contributed by atoms with van der Waals surface area (Å²) in [6.07, 6.45) is 1.17. The molecule has 8 heteroatoms. The number of aromatic carboxylic acids is 1. The Morgan fingerprint density at radius 1 is 1.12 bits per heavy atom. The Morgan fingerprint density at radius 3 is 2.44 bits per heavy atom. The third-order valence-electron chi connectivity index (χ3n) is 3.31. The number of para-hydroxylation sites is 1. The van der Waals surface area contributed by atoms with Crippen molar-refractivity contribution in [2.24, 2.45) is 5.10 Å². The van der Waals surface area contributed by atoms with E-state index in [9.17, 15) is 19.8 Å². The molecule has 0 saturated heterocycles. The molecule has 0 saturated carbocycles. The average molecular weight is 344 g/mol. The number of carboxylic acid groups (broad SMARTS) is 1. The Bertz CT molecular complexity index is 832. The van der Waals surface area contributed by atoms with Gasteiger partial charge in [-0.3, -0.25) is 4.79 Å². The number of carbonyl (C=O) groups excluding carboxylic acids is 1. The first-order valence-electron chi connectivity index (χ1n) is 7.09. The van der Waals surface area contributed by atoms with Gasteiger partial charge in [-0.05, 0) is 24.3 Å². The maximum absolute atomic E-state index is 12.0. The molecule has 0 atom stereocenters. The second kappa shape index (κ2) is 7.82. The van der Waals surface area contributed by atoms with Crippen molar-refractivity contribution in [1.82, 2.24) is 5.43 Å². The highest BCUT2D eigenvalue weighted by Gasteiger charge is 2.20. The van der Waals surface area contributed by atoms with Crippen molar-refractivity contribution in [2.45, 2.75) is 0 Å². The van der Waals surface area contributed by atoms with Gasteiger partial charge < -0.3 is 19.7 Å². The number of nitrogens with one attached hydrogen (secondary N) is 1. The molecule has 130 valence electrons. The summed E-state index contributed by atoms with van der Waals surface area (Å²) in [5, 5.41) is 22.8. The van der Waals surface area contributed by atoms with Gasteiger partial charge in [-0.1, -0.05) is 12.1 Å². The van der Waals surface area contributed by atoms with Crippen molar-refractivity contribution >= 4 is 18.1 Å². The van der Waals surface area contributed by atoms with Crippen LogP contribution in [0.25, 0.3) is 0 Å². The molecule has 0 radical (unpaired) electrons. The van der Waals surface area contributed by atoms with E-state index in [0.717, 1.165) is 0 Å². The van der Waals surface area contributed by atoms with Crippen LogP contribution in [-0.4, -0.2) is 42.5 Å². The predicted molar refractivity (Wildman–Crippen MR) is 89.7 cm³/mol. The standard InChI is InChI=1S/C17H16N2O6/c1-24-13-8-7-10(14(17(22)23)15(13)25-2)9-18-19-16(21)11-5-3-4-6-12(11)20/h3-9,20H,1-2H3,(H,19,21)(H,22,23)/b18-9-. The first-order chi connectivity index (χ1) is 12.0. The Kier molecular flexibility index (Phi) is 5.57. The maximum atomic E-state index is 12.0. The van der Waals surface area contributed by atoms with Gasteiger partial charge in [0.2, 0.25) is 0 Å². The summed E-state index contributed by atoms with van der Waals surface area (Å²) >= 11 is 0. The van der Waals surface area contributed by atoms with Gasteiger partial charge in [0.05, 0.1) is 26.0 Å². The maximum Gasteiger partial charge on any atom is 0.340 e. The predicted octanol–water partition coefficient (Wildman–Crippen LogP) is 1.87. The van der Waals surface area contributed by atoms with Crippen LogP contribution in [-0.2, 0) is 0 Å². The fourth-order valence-corrected chi connectivity index (χ4v) is 2.16. The Morgan fingerprint density at radius 2 is 1.84 bits per heavy atom. The van der Waals surface area contributed by atoms with E-state index in [1.165, 1.54) is 44.7 Å². The van der Waals surface area contributed by atoms with E-state index in [4.69, 9.17) is 9.47 Å². The number of aromatic hydroxyl groups is 1. The third-order valence-corrected chi connectivity index (χ3v) is 3.31. The molecule has 0 aliphatic carbocycles.